The molecule has 5 heteroatoms. The summed E-state index contributed by atoms with van der Waals surface area (Å²) in [5.74, 6) is 0. The predicted octanol–water partition coefficient (Wildman–Crippen LogP) is 3.91. The SMILES string of the molecule is O=C(OCc1ccccc1)N1CCN(c2ccccc2Br)CC1. The third kappa shape index (κ3) is 4.05. The van der Waals surface area contributed by atoms with Crippen LogP contribution < -0.4 is 4.90 Å². The van der Waals surface area contributed by atoms with E-state index in [1.165, 1.54) is 5.69 Å². The molecular weight excluding hydrogens is 356 g/mol. The maximum absolute atomic E-state index is 12.2. The van der Waals surface area contributed by atoms with E-state index in [1.807, 2.05) is 48.5 Å². The molecule has 2 aromatic rings. The molecule has 0 aliphatic carbocycles. The first-order valence-corrected chi connectivity index (χ1v) is 8.48. The quantitative estimate of drug-likeness (QED) is 0.816. The minimum Gasteiger partial charge on any atom is -0.445 e. The second-order valence-corrected chi connectivity index (χ2v) is 6.32. The van der Waals surface area contributed by atoms with Crippen molar-refractivity contribution in [1.29, 1.82) is 0 Å². The summed E-state index contributed by atoms with van der Waals surface area (Å²) in [6.45, 7) is 3.29. The van der Waals surface area contributed by atoms with Gasteiger partial charge in [-0.25, -0.2) is 4.79 Å². The Hall–Kier alpha value is -2.01. The van der Waals surface area contributed by atoms with E-state index in [1.54, 1.807) is 4.90 Å². The highest BCUT2D eigenvalue weighted by Gasteiger charge is 2.23. The fourth-order valence-corrected chi connectivity index (χ4v) is 3.18. The molecule has 0 radical (unpaired) electrons. The Morgan fingerprint density at radius 2 is 1.61 bits per heavy atom. The van der Waals surface area contributed by atoms with Crippen LogP contribution in [0, 0.1) is 0 Å². The zero-order chi connectivity index (χ0) is 16.1. The molecule has 23 heavy (non-hydrogen) atoms. The molecule has 1 saturated heterocycles. The number of para-hydroxylation sites is 1. The van der Waals surface area contributed by atoms with Gasteiger partial charge in [-0.05, 0) is 33.6 Å². The highest BCUT2D eigenvalue weighted by atomic mass is 79.9. The van der Waals surface area contributed by atoms with Crippen LogP contribution in [-0.2, 0) is 11.3 Å². The highest BCUT2D eigenvalue weighted by molar-refractivity contribution is 9.10. The maximum Gasteiger partial charge on any atom is 0.410 e. The van der Waals surface area contributed by atoms with Crippen molar-refractivity contribution in [2.45, 2.75) is 6.61 Å². The Balaban J connectivity index is 1.50. The molecule has 0 spiro atoms. The van der Waals surface area contributed by atoms with Crippen molar-refractivity contribution < 1.29 is 9.53 Å². The van der Waals surface area contributed by atoms with Crippen molar-refractivity contribution in [2.75, 3.05) is 31.1 Å². The second kappa shape index (κ2) is 7.51. The number of hydrogen-bond donors (Lipinski definition) is 0. The van der Waals surface area contributed by atoms with Crippen LogP contribution >= 0.6 is 15.9 Å². The number of carbonyl (C=O) groups is 1. The molecule has 0 bridgehead atoms. The van der Waals surface area contributed by atoms with Crippen LogP contribution in [-0.4, -0.2) is 37.2 Å². The van der Waals surface area contributed by atoms with Crippen LogP contribution in [0.1, 0.15) is 5.56 Å². The van der Waals surface area contributed by atoms with Crippen LogP contribution in [0.3, 0.4) is 0 Å². The molecule has 0 N–H and O–H groups in total. The molecule has 120 valence electrons. The Kier molecular flexibility index (Phi) is 5.18. The Morgan fingerprint density at radius 1 is 0.957 bits per heavy atom. The Bertz CT molecular complexity index is 655. The van der Waals surface area contributed by atoms with Crippen LogP contribution in [0.2, 0.25) is 0 Å². The second-order valence-electron chi connectivity index (χ2n) is 5.47. The van der Waals surface area contributed by atoms with Crippen molar-refractivity contribution in [2.24, 2.45) is 0 Å². The summed E-state index contributed by atoms with van der Waals surface area (Å²) >= 11 is 3.58. The normalized spacial score (nSPS) is 14.7. The number of hydrogen-bond acceptors (Lipinski definition) is 3. The molecule has 0 saturated carbocycles. The summed E-state index contributed by atoms with van der Waals surface area (Å²) in [6.07, 6.45) is -0.236. The number of rotatable bonds is 3. The smallest absolute Gasteiger partial charge is 0.410 e. The average Bonchev–Trinajstić information content (AvgIpc) is 2.61. The molecular formula is C18H19BrN2O2. The molecule has 0 aromatic heterocycles. The summed E-state index contributed by atoms with van der Waals surface area (Å²) in [6, 6.07) is 17.9. The van der Waals surface area contributed by atoms with Gasteiger partial charge in [-0.2, -0.15) is 0 Å². The topological polar surface area (TPSA) is 32.8 Å². The number of halogens is 1. The van der Waals surface area contributed by atoms with E-state index < -0.39 is 0 Å². The molecule has 3 rings (SSSR count). The van der Waals surface area contributed by atoms with Gasteiger partial charge < -0.3 is 14.5 Å². The molecule has 1 aliphatic heterocycles. The summed E-state index contributed by atoms with van der Waals surface area (Å²) in [7, 11) is 0. The number of carbonyl (C=O) groups excluding carboxylic acids is 1. The lowest BCUT2D eigenvalue weighted by molar-refractivity contribution is 0.0942. The lowest BCUT2D eigenvalue weighted by Gasteiger charge is -2.35. The Labute approximate surface area is 144 Å². The molecule has 0 atom stereocenters. The lowest BCUT2D eigenvalue weighted by Crippen LogP contribution is -2.49. The minimum atomic E-state index is -0.236. The first-order chi connectivity index (χ1) is 11.2. The first kappa shape index (κ1) is 15.9. The summed E-state index contributed by atoms with van der Waals surface area (Å²) < 4.78 is 6.47. The van der Waals surface area contributed by atoms with Crippen molar-refractivity contribution in [3.8, 4) is 0 Å². The number of amides is 1. The molecule has 2 aromatic carbocycles. The standard InChI is InChI=1S/C18H19BrN2O2/c19-16-8-4-5-9-17(16)20-10-12-21(13-11-20)18(22)23-14-15-6-2-1-3-7-15/h1-9H,10-14H2. The third-order valence-corrected chi connectivity index (χ3v) is 4.61. The molecule has 1 fully saturated rings. The monoisotopic (exact) mass is 374 g/mol. The van der Waals surface area contributed by atoms with E-state index in [4.69, 9.17) is 4.74 Å². The number of benzene rings is 2. The largest absolute Gasteiger partial charge is 0.445 e. The van der Waals surface area contributed by atoms with E-state index in [9.17, 15) is 4.79 Å². The van der Waals surface area contributed by atoms with Gasteiger partial charge in [-0.15, -0.1) is 0 Å². The van der Waals surface area contributed by atoms with Gasteiger partial charge in [0.2, 0.25) is 0 Å². The zero-order valence-electron chi connectivity index (χ0n) is 12.8. The molecule has 1 heterocycles. The number of nitrogens with zero attached hydrogens (tertiary/aromatic N) is 2. The number of anilines is 1. The molecule has 0 unspecified atom stereocenters. The maximum atomic E-state index is 12.2. The van der Waals surface area contributed by atoms with E-state index in [2.05, 4.69) is 26.9 Å². The van der Waals surface area contributed by atoms with Crippen LogP contribution in [0.4, 0.5) is 10.5 Å². The predicted molar refractivity (Wildman–Crippen MR) is 94.6 cm³/mol. The van der Waals surface area contributed by atoms with Gasteiger partial charge in [0.1, 0.15) is 6.61 Å². The summed E-state index contributed by atoms with van der Waals surface area (Å²) in [4.78, 5) is 16.2. The van der Waals surface area contributed by atoms with E-state index in [0.29, 0.717) is 19.7 Å². The zero-order valence-corrected chi connectivity index (χ0v) is 14.4. The van der Waals surface area contributed by atoms with Gasteiger partial charge >= 0.3 is 6.09 Å². The summed E-state index contributed by atoms with van der Waals surface area (Å²) in [5.41, 5.74) is 2.18. The summed E-state index contributed by atoms with van der Waals surface area (Å²) in [5, 5.41) is 0. The average molecular weight is 375 g/mol. The fraction of sp³-hybridized carbons (Fsp3) is 0.278. The van der Waals surface area contributed by atoms with Gasteiger partial charge in [-0.1, -0.05) is 42.5 Å². The van der Waals surface area contributed by atoms with Gasteiger partial charge in [0, 0.05) is 30.7 Å². The van der Waals surface area contributed by atoms with Crippen LogP contribution in [0.25, 0.3) is 0 Å². The Morgan fingerprint density at radius 3 is 2.30 bits per heavy atom. The van der Waals surface area contributed by atoms with Crippen LogP contribution in [0.5, 0.6) is 0 Å². The van der Waals surface area contributed by atoms with Crippen LogP contribution in [0.15, 0.2) is 59.1 Å². The van der Waals surface area contributed by atoms with Gasteiger partial charge in [-0.3, -0.25) is 0 Å². The van der Waals surface area contributed by atoms with Crippen molar-refractivity contribution in [3.05, 3.63) is 64.6 Å². The van der Waals surface area contributed by atoms with Gasteiger partial charge in [0.05, 0.1) is 5.69 Å². The number of piperazine rings is 1. The number of ether oxygens (including phenoxy) is 1. The van der Waals surface area contributed by atoms with Crippen molar-refractivity contribution in [3.63, 3.8) is 0 Å². The molecule has 1 amide bonds. The van der Waals surface area contributed by atoms with Gasteiger partial charge in [0.25, 0.3) is 0 Å². The first-order valence-electron chi connectivity index (χ1n) is 7.69. The lowest BCUT2D eigenvalue weighted by atomic mass is 10.2. The van der Waals surface area contributed by atoms with Gasteiger partial charge in [0.15, 0.2) is 0 Å². The third-order valence-electron chi connectivity index (χ3n) is 3.94. The minimum absolute atomic E-state index is 0.236. The fourth-order valence-electron chi connectivity index (χ4n) is 2.65. The molecule has 4 nitrogen and oxygen atoms in total. The van der Waals surface area contributed by atoms with Crippen molar-refractivity contribution >= 4 is 27.7 Å². The highest BCUT2D eigenvalue weighted by Crippen LogP contribution is 2.26. The van der Waals surface area contributed by atoms with Crippen molar-refractivity contribution in [1.82, 2.24) is 4.90 Å². The van der Waals surface area contributed by atoms with E-state index in [-0.39, 0.29) is 6.09 Å². The molecule has 1 aliphatic rings. The van der Waals surface area contributed by atoms with E-state index in [0.717, 1.165) is 23.1 Å². The van der Waals surface area contributed by atoms with E-state index >= 15 is 0 Å².